The number of carbonyl (C=O) groups is 2. The van der Waals surface area contributed by atoms with E-state index in [0.717, 1.165) is 0 Å². The number of hydrogen-bond acceptors (Lipinski definition) is 3. The molecule has 0 aliphatic heterocycles. The molecule has 0 spiro atoms. The molecule has 5 N–H and O–H groups in total. The number of nitrogens with one attached hydrogen (secondary N) is 2. The smallest absolute Gasteiger partial charge is 0.409 e. The third-order valence-corrected chi connectivity index (χ3v) is 3.29. The lowest BCUT2D eigenvalue weighted by Gasteiger charge is -2.11. The van der Waals surface area contributed by atoms with Crippen LogP contribution in [-0.2, 0) is 0 Å². The quantitative estimate of drug-likeness (QED) is 0.649. The molecule has 22 heavy (non-hydrogen) atoms. The van der Waals surface area contributed by atoms with Crippen LogP contribution < -0.4 is 16.4 Å². The van der Waals surface area contributed by atoms with E-state index >= 15 is 0 Å². The van der Waals surface area contributed by atoms with Crippen LogP contribution in [0.25, 0.3) is 0 Å². The van der Waals surface area contributed by atoms with Crippen molar-refractivity contribution < 1.29 is 14.7 Å². The van der Waals surface area contributed by atoms with Gasteiger partial charge in [0.05, 0.1) is 10.6 Å². The molecular weight excluding hydrogens is 306 g/mol. The number of amides is 2. The van der Waals surface area contributed by atoms with Gasteiger partial charge in [-0.25, -0.2) is 4.79 Å². The number of aryl methyl sites for hydroxylation is 1. The van der Waals surface area contributed by atoms with Gasteiger partial charge in [0.15, 0.2) is 0 Å². The third-order valence-electron chi connectivity index (χ3n) is 2.96. The molecule has 2 amide bonds. The van der Waals surface area contributed by atoms with E-state index in [1.54, 1.807) is 37.3 Å². The summed E-state index contributed by atoms with van der Waals surface area (Å²) in [4.78, 5) is 22.8. The Morgan fingerprint density at radius 1 is 1.14 bits per heavy atom. The Morgan fingerprint density at radius 2 is 1.86 bits per heavy atom. The van der Waals surface area contributed by atoms with Crippen molar-refractivity contribution in [3.63, 3.8) is 0 Å². The maximum atomic E-state index is 12.2. The molecule has 0 aliphatic rings. The molecule has 0 fully saturated rings. The highest BCUT2D eigenvalue weighted by molar-refractivity contribution is 6.34. The highest BCUT2D eigenvalue weighted by atomic mass is 35.5. The molecule has 6 nitrogen and oxygen atoms in total. The molecule has 2 rings (SSSR count). The average molecular weight is 320 g/mol. The lowest BCUT2D eigenvalue weighted by molar-refractivity contribution is 0.102. The maximum absolute atomic E-state index is 12.2. The summed E-state index contributed by atoms with van der Waals surface area (Å²) in [5.41, 5.74) is 8.05. The van der Waals surface area contributed by atoms with Crippen LogP contribution in [0.5, 0.6) is 0 Å². The van der Waals surface area contributed by atoms with Crippen LogP contribution in [0.4, 0.5) is 21.9 Å². The first-order valence-corrected chi connectivity index (χ1v) is 6.71. The van der Waals surface area contributed by atoms with Crippen molar-refractivity contribution in [3.8, 4) is 0 Å². The number of anilines is 3. The number of nitrogens with two attached hydrogens (primary N) is 1. The number of nitrogen functional groups attached to an aromatic ring is 1. The van der Waals surface area contributed by atoms with Gasteiger partial charge in [-0.05, 0) is 48.9 Å². The molecule has 2 aromatic rings. The van der Waals surface area contributed by atoms with Crippen molar-refractivity contribution in [2.75, 3.05) is 16.4 Å². The van der Waals surface area contributed by atoms with E-state index in [9.17, 15) is 9.59 Å². The number of halogens is 1. The van der Waals surface area contributed by atoms with E-state index in [2.05, 4.69) is 10.6 Å². The van der Waals surface area contributed by atoms with Gasteiger partial charge in [0, 0.05) is 17.1 Å². The molecule has 0 saturated heterocycles. The SMILES string of the molecule is Cc1cc(NC(=O)O)ccc1NC(=O)c1cc(N)ccc1Cl. The molecule has 0 aliphatic carbocycles. The first kappa shape index (κ1) is 15.7. The van der Waals surface area contributed by atoms with Gasteiger partial charge in [0.25, 0.3) is 5.91 Å². The molecule has 2 aromatic carbocycles. The summed E-state index contributed by atoms with van der Waals surface area (Å²) in [5.74, 6) is -0.389. The van der Waals surface area contributed by atoms with Crippen molar-refractivity contribution in [1.82, 2.24) is 0 Å². The van der Waals surface area contributed by atoms with Gasteiger partial charge in [0.1, 0.15) is 0 Å². The fourth-order valence-corrected chi connectivity index (χ4v) is 2.12. The van der Waals surface area contributed by atoms with Crippen LogP contribution in [0.15, 0.2) is 36.4 Å². The maximum Gasteiger partial charge on any atom is 0.409 e. The Bertz CT molecular complexity index is 747. The van der Waals surface area contributed by atoms with E-state index in [1.807, 2.05) is 0 Å². The first-order chi connectivity index (χ1) is 10.4. The van der Waals surface area contributed by atoms with Gasteiger partial charge in [-0.2, -0.15) is 0 Å². The van der Waals surface area contributed by atoms with Gasteiger partial charge in [-0.3, -0.25) is 10.1 Å². The number of rotatable bonds is 3. The summed E-state index contributed by atoms with van der Waals surface area (Å²) < 4.78 is 0. The second-order valence-corrected chi connectivity index (χ2v) is 5.06. The zero-order valence-corrected chi connectivity index (χ0v) is 12.4. The first-order valence-electron chi connectivity index (χ1n) is 6.34. The molecule has 114 valence electrons. The minimum absolute atomic E-state index is 0.272. The summed E-state index contributed by atoms with van der Waals surface area (Å²) in [7, 11) is 0. The van der Waals surface area contributed by atoms with Crippen molar-refractivity contribution in [2.24, 2.45) is 0 Å². The Balaban J connectivity index is 2.21. The largest absolute Gasteiger partial charge is 0.465 e. The molecule has 7 heteroatoms. The van der Waals surface area contributed by atoms with Crippen molar-refractivity contribution in [2.45, 2.75) is 6.92 Å². The Kier molecular flexibility index (Phi) is 4.53. The standard InChI is InChI=1S/C15H14ClN3O3/c1-8-6-10(18-15(21)22)3-5-13(8)19-14(20)11-7-9(17)2-4-12(11)16/h2-7,18H,17H2,1H3,(H,19,20)(H,21,22). The predicted octanol–water partition coefficient (Wildman–Crippen LogP) is 3.57. The summed E-state index contributed by atoms with van der Waals surface area (Å²) in [6, 6.07) is 9.43. The topological polar surface area (TPSA) is 104 Å². The zero-order valence-electron chi connectivity index (χ0n) is 11.7. The molecule has 0 heterocycles. The van der Waals surface area contributed by atoms with Gasteiger partial charge < -0.3 is 16.2 Å². The van der Waals surface area contributed by atoms with Crippen molar-refractivity contribution >= 4 is 40.7 Å². The number of hydrogen-bond donors (Lipinski definition) is 4. The van der Waals surface area contributed by atoms with Crippen LogP contribution in [0.1, 0.15) is 15.9 Å². The fourth-order valence-electron chi connectivity index (χ4n) is 1.91. The van der Waals surface area contributed by atoms with Gasteiger partial charge in [0.2, 0.25) is 0 Å². The Labute approximate surface area is 131 Å². The van der Waals surface area contributed by atoms with Gasteiger partial charge in [-0.1, -0.05) is 11.6 Å². The molecule has 0 saturated carbocycles. The lowest BCUT2D eigenvalue weighted by atomic mass is 10.1. The van der Waals surface area contributed by atoms with Crippen molar-refractivity contribution in [1.29, 1.82) is 0 Å². The highest BCUT2D eigenvalue weighted by Crippen LogP contribution is 2.23. The summed E-state index contributed by atoms with van der Waals surface area (Å²) >= 11 is 5.99. The predicted molar refractivity (Wildman–Crippen MR) is 86.6 cm³/mol. The molecule has 0 bridgehead atoms. The molecule has 0 radical (unpaired) electrons. The summed E-state index contributed by atoms with van der Waals surface area (Å²) in [5, 5.41) is 13.9. The summed E-state index contributed by atoms with van der Waals surface area (Å²) in [6.45, 7) is 1.75. The molecule has 0 atom stereocenters. The number of carboxylic acid groups (broad SMARTS) is 1. The second-order valence-electron chi connectivity index (χ2n) is 4.65. The second kappa shape index (κ2) is 6.36. The van der Waals surface area contributed by atoms with E-state index in [0.29, 0.717) is 27.6 Å². The molecular formula is C15H14ClN3O3. The van der Waals surface area contributed by atoms with Crippen LogP contribution in [0, 0.1) is 6.92 Å². The lowest BCUT2D eigenvalue weighted by Crippen LogP contribution is -2.14. The van der Waals surface area contributed by atoms with E-state index in [1.165, 1.54) is 6.07 Å². The monoisotopic (exact) mass is 319 g/mol. The number of carbonyl (C=O) groups excluding carboxylic acids is 1. The Morgan fingerprint density at radius 3 is 2.50 bits per heavy atom. The van der Waals surface area contributed by atoms with E-state index in [4.69, 9.17) is 22.4 Å². The van der Waals surface area contributed by atoms with E-state index in [-0.39, 0.29) is 11.5 Å². The van der Waals surface area contributed by atoms with Crippen LogP contribution >= 0.6 is 11.6 Å². The molecule has 0 unspecified atom stereocenters. The van der Waals surface area contributed by atoms with Gasteiger partial charge >= 0.3 is 6.09 Å². The third kappa shape index (κ3) is 3.67. The number of benzene rings is 2. The van der Waals surface area contributed by atoms with Crippen LogP contribution in [0.2, 0.25) is 5.02 Å². The minimum Gasteiger partial charge on any atom is -0.465 e. The minimum atomic E-state index is -1.15. The van der Waals surface area contributed by atoms with E-state index < -0.39 is 6.09 Å². The normalized spacial score (nSPS) is 10.1. The Hall–Kier alpha value is -2.73. The van der Waals surface area contributed by atoms with Crippen molar-refractivity contribution in [3.05, 3.63) is 52.5 Å². The molecule has 0 aromatic heterocycles. The zero-order chi connectivity index (χ0) is 16.3. The summed E-state index contributed by atoms with van der Waals surface area (Å²) in [6.07, 6.45) is -1.15. The van der Waals surface area contributed by atoms with Gasteiger partial charge in [-0.15, -0.1) is 0 Å². The van der Waals surface area contributed by atoms with Crippen LogP contribution in [0.3, 0.4) is 0 Å². The highest BCUT2D eigenvalue weighted by Gasteiger charge is 2.12. The average Bonchev–Trinajstić information content (AvgIpc) is 2.43. The fraction of sp³-hybridized carbons (Fsp3) is 0.0667. The van der Waals surface area contributed by atoms with Crippen LogP contribution in [-0.4, -0.2) is 17.1 Å².